The van der Waals surface area contributed by atoms with Gasteiger partial charge in [-0.05, 0) is 72.3 Å². The van der Waals surface area contributed by atoms with Crippen molar-refractivity contribution in [2.24, 2.45) is 29.1 Å². The smallest absolute Gasteiger partial charge is 0.252 e. The zero-order chi connectivity index (χ0) is 41.3. The molecule has 3 aromatic rings. The molecule has 7 rings (SSSR count). The lowest BCUT2D eigenvalue weighted by atomic mass is 9.45. The summed E-state index contributed by atoms with van der Waals surface area (Å²) in [5.41, 5.74) is 4.47. The van der Waals surface area contributed by atoms with Gasteiger partial charge in [0.2, 0.25) is 11.8 Å². The van der Waals surface area contributed by atoms with Crippen molar-refractivity contribution in [1.29, 1.82) is 0 Å². The average Bonchev–Trinajstić information content (AvgIpc) is 3.56. The number of ether oxygens (including phenoxy) is 1. The molecule has 0 radical (unpaired) electrons. The Labute approximate surface area is 337 Å². The summed E-state index contributed by atoms with van der Waals surface area (Å²) in [6.45, 7) is 8.28. The van der Waals surface area contributed by atoms with E-state index >= 15 is 0 Å². The van der Waals surface area contributed by atoms with Crippen molar-refractivity contribution in [3.8, 4) is 16.9 Å². The number of anilines is 1. The Bertz CT molecular complexity index is 1920. The number of hydrogen-bond donors (Lipinski definition) is 4. The minimum Gasteiger partial charge on any atom is -0.496 e. The number of fused-ring (bicyclic) bond motifs is 2. The van der Waals surface area contributed by atoms with E-state index in [0.29, 0.717) is 52.2 Å². The Hall–Kier alpha value is -4.49. The maximum absolute atomic E-state index is 14.3. The zero-order valence-electron chi connectivity index (χ0n) is 34.9. The third-order valence-corrected chi connectivity index (χ3v) is 13.0. The number of methoxy groups -OCH3 is 1. The van der Waals surface area contributed by atoms with Crippen molar-refractivity contribution in [3.63, 3.8) is 0 Å². The predicted octanol–water partition coefficient (Wildman–Crippen LogP) is 4.52. The number of rotatable bonds is 14. The fraction of sp³-hybridized carbons (Fsp3) is 0.533. The summed E-state index contributed by atoms with van der Waals surface area (Å²) in [6, 6.07) is 19.2. The number of nitrogens with one attached hydrogen (secondary N) is 2. The highest BCUT2D eigenvalue weighted by atomic mass is 16.7. The summed E-state index contributed by atoms with van der Waals surface area (Å²) in [4.78, 5) is 51.3. The van der Waals surface area contributed by atoms with E-state index in [1.54, 1.807) is 45.3 Å². The van der Waals surface area contributed by atoms with E-state index in [1.165, 1.54) is 11.3 Å². The number of amides is 3. The first-order valence-electron chi connectivity index (χ1n) is 20.1. The maximum Gasteiger partial charge on any atom is 0.252 e. The van der Waals surface area contributed by atoms with Gasteiger partial charge in [0, 0.05) is 68.9 Å². The standard InChI is InChI=1S/C45H61N5O7/c1-26-35-22-32(45(35,3)4)23-36(26)46-43(54)40-39(27(2)52)38(25-51)57-50(40)24-29-16-13-17-34(41(29)56-9)30-19-31(21-33(20-30)48(5)6)42(53)47-37(44(55)49(7)8)18-28-14-11-10-12-15-28/h10-17,19-21,26-27,32,35-40,51-52H,18,22-25H2,1-9H3,(H,46,54)(H,47,53)/t26-,27-,32+,35-,36-,37-,38-,39-,40-/m0/s1. The monoisotopic (exact) mass is 783 g/mol. The Morgan fingerprint density at radius 2 is 1.74 bits per heavy atom. The molecule has 1 saturated heterocycles. The Morgan fingerprint density at radius 3 is 2.33 bits per heavy atom. The maximum atomic E-state index is 14.3. The van der Waals surface area contributed by atoms with Crippen LogP contribution < -0.4 is 20.3 Å². The molecule has 3 saturated carbocycles. The number of aliphatic hydroxyl groups excluding tert-OH is 2. The lowest BCUT2D eigenvalue weighted by Crippen LogP contribution is -2.62. The molecule has 0 spiro atoms. The molecule has 1 heterocycles. The van der Waals surface area contributed by atoms with Crippen molar-refractivity contribution in [3.05, 3.63) is 83.4 Å². The molecular formula is C45H61N5O7. The molecule has 3 aromatic carbocycles. The van der Waals surface area contributed by atoms with Gasteiger partial charge in [-0.3, -0.25) is 19.2 Å². The molecule has 2 bridgehead atoms. The van der Waals surface area contributed by atoms with Crippen molar-refractivity contribution >= 4 is 23.4 Å². The Balaban J connectivity index is 1.29. The number of carbonyl (C=O) groups is 3. The van der Waals surface area contributed by atoms with E-state index in [0.717, 1.165) is 17.7 Å². The van der Waals surface area contributed by atoms with Crippen LogP contribution >= 0.6 is 0 Å². The topological polar surface area (TPSA) is 144 Å². The van der Waals surface area contributed by atoms with Crippen molar-refractivity contribution in [1.82, 2.24) is 20.6 Å². The second-order valence-electron chi connectivity index (χ2n) is 17.3. The molecule has 4 fully saturated rings. The summed E-state index contributed by atoms with van der Waals surface area (Å²) in [6.07, 6.45) is 0.726. The third-order valence-electron chi connectivity index (χ3n) is 13.0. The van der Waals surface area contributed by atoms with Gasteiger partial charge in [-0.15, -0.1) is 0 Å². The normalized spacial score (nSPS) is 26.1. The number of hydrogen-bond acceptors (Lipinski definition) is 9. The summed E-state index contributed by atoms with van der Waals surface area (Å²) in [5.74, 6) is 0.432. The Kier molecular flexibility index (Phi) is 12.7. The van der Waals surface area contributed by atoms with Crippen LogP contribution in [-0.2, 0) is 27.4 Å². The van der Waals surface area contributed by atoms with Crippen molar-refractivity contribution < 1.29 is 34.2 Å². The highest BCUT2D eigenvalue weighted by Crippen LogP contribution is 2.61. The second-order valence-corrected chi connectivity index (χ2v) is 17.3. The fourth-order valence-electron chi connectivity index (χ4n) is 9.59. The average molecular weight is 784 g/mol. The predicted molar refractivity (Wildman–Crippen MR) is 220 cm³/mol. The van der Waals surface area contributed by atoms with Gasteiger partial charge in [0.15, 0.2) is 0 Å². The van der Waals surface area contributed by atoms with Crippen LogP contribution in [0.1, 0.15) is 62.0 Å². The van der Waals surface area contributed by atoms with E-state index in [2.05, 4.69) is 31.4 Å². The molecule has 1 aliphatic heterocycles. The van der Waals surface area contributed by atoms with Gasteiger partial charge in [0.1, 0.15) is 23.9 Å². The van der Waals surface area contributed by atoms with Crippen molar-refractivity contribution in [2.75, 3.05) is 46.8 Å². The highest BCUT2D eigenvalue weighted by molar-refractivity contribution is 5.99. The molecule has 12 nitrogen and oxygen atoms in total. The minimum absolute atomic E-state index is 0.0156. The minimum atomic E-state index is -0.925. The van der Waals surface area contributed by atoms with Gasteiger partial charge in [-0.2, -0.15) is 5.06 Å². The van der Waals surface area contributed by atoms with Gasteiger partial charge in [-0.25, -0.2) is 0 Å². The molecule has 4 N–H and O–H groups in total. The van der Waals surface area contributed by atoms with Crippen LogP contribution in [0, 0.1) is 29.1 Å². The van der Waals surface area contributed by atoms with Gasteiger partial charge in [0.25, 0.3) is 5.91 Å². The molecule has 308 valence electrons. The summed E-state index contributed by atoms with van der Waals surface area (Å²) < 4.78 is 6.08. The lowest BCUT2D eigenvalue weighted by Gasteiger charge is -2.62. The zero-order valence-corrected chi connectivity index (χ0v) is 34.9. The first-order chi connectivity index (χ1) is 27.0. The van der Waals surface area contributed by atoms with Crippen LogP contribution in [0.4, 0.5) is 5.69 Å². The van der Waals surface area contributed by atoms with Gasteiger partial charge in [0.05, 0.1) is 26.4 Å². The molecule has 57 heavy (non-hydrogen) atoms. The van der Waals surface area contributed by atoms with E-state index in [9.17, 15) is 24.6 Å². The van der Waals surface area contributed by atoms with Gasteiger partial charge < -0.3 is 35.4 Å². The summed E-state index contributed by atoms with van der Waals surface area (Å²) >= 11 is 0. The molecular weight excluding hydrogens is 723 g/mol. The first kappa shape index (κ1) is 42.1. The third kappa shape index (κ3) is 8.55. The molecule has 3 aliphatic carbocycles. The highest BCUT2D eigenvalue weighted by Gasteiger charge is 2.57. The van der Waals surface area contributed by atoms with Crippen LogP contribution in [0.5, 0.6) is 5.75 Å². The molecule has 4 aliphatic rings. The van der Waals surface area contributed by atoms with E-state index in [4.69, 9.17) is 9.57 Å². The van der Waals surface area contributed by atoms with Gasteiger partial charge in [-0.1, -0.05) is 69.3 Å². The summed E-state index contributed by atoms with van der Waals surface area (Å²) in [7, 11) is 8.71. The quantitative estimate of drug-likeness (QED) is 0.186. The molecule has 12 heteroatoms. The number of aliphatic hydroxyl groups is 2. The molecule has 3 amide bonds. The molecule has 9 atom stereocenters. The number of para-hydroxylation sites is 1. The Morgan fingerprint density at radius 1 is 1.02 bits per heavy atom. The fourth-order valence-corrected chi connectivity index (χ4v) is 9.59. The SMILES string of the molecule is COc1c(CN2O[C@@H](CO)[C@H]([C@H](C)O)[C@H]2C(=O)N[C@H]2C[C@H]3C[C@@H]([C@@H]2C)C3(C)C)cccc1-c1cc(C(=O)N[C@@H](Cc2ccccc2)C(=O)N(C)C)cc(N(C)C)c1. The largest absolute Gasteiger partial charge is 0.496 e. The van der Waals surface area contributed by atoms with Gasteiger partial charge >= 0.3 is 0 Å². The summed E-state index contributed by atoms with van der Waals surface area (Å²) in [5, 5.41) is 29.3. The first-order valence-corrected chi connectivity index (χ1v) is 20.1. The second kappa shape index (κ2) is 17.2. The van der Waals surface area contributed by atoms with Crippen LogP contribution in [-0.4, -0.2) is 110 Å². The van der Waals surface area contributed by atoms with Crippen molar-refractivity contribution in [2.45, 2.75) is 83.8 Å². The number of nitrogens with zero attached hydrogens (tertiary/aromatic N) is 3. The van der Waals surface area contributed by atoms with E-state index in [-0.39, 0.29) is 36.4 Å². The van der Waals surface area contributed by atoms with Crippen LogP contribution in [0.3, 0.4) is 0 Å². The van der Waals surface area contributed by atoms with E-state index in [1.807, 2.05) is 73.6 Å². The van der Waals surface area contributed by atoms with Crippen LogP contribution in [0.15, 0.2) is 66.7 Å². The van der Waals surface area contributed by atoms with Crippen LogP contribution in [0.25, 0.3) is 11.1 Å². The van der Waals surface area contributed by atoms with Crippen LogP contribution in [0.2, 0.25) is 0 Å². The van der Waals surface area contributed by atoms with E-state index < -0.39 is 36.1 Å². The number of benzene rings is 3. The number of carbonyl (C=O) groups excluding carboxylic acids is 3. The molecule has 0 unspecified atom stereocenters. The number of likely N-dealkylation sites (N-methyl/N-ethyl adjacent to an activating group) is 1. The number of hydroxylamine groups is 2. The lowest BCUT2D eigenvalue weighted by molar-refractivity contribution is -0.183. The molecule has 0 aromatic heterocycles.